The molecule has 1 N–H and O–H groups in total. The fraction of sp³-hybridized carbons (Fsp3) is 0.688. The Balaban J connectivity index is 2.21. The van der Waals surface area contributed by atoms with Gasteiger partial charge < -0.3 is 9.73 Å². The number of nitrogens with one attached hydrogen (secondary N) is 1. The fourth-order valence-electron chi connectivity index (χ4n) is 3.36. The van der Waals surface area contributed by atoms with Crippen LogP contribution in [0.1, 0.15) is 60.0 Å². The Labute approximate surface area is 126 Å². The third kappa shape index (κ3) is 2.88. The van der Waals surface area contributed by atoms with Gasteiger partial charge in [0.25, 0.3) is 5.91 Å². The van der Waals surface area contributed by atoms with E-state index in [1.165, 1.54) is 6.42 Å². The number of hydrogen-bond acceptors (Lipinski definition) is 2. The predicted octanol–water partition coefficient (Wildman–Crippen LogP) is 4.12. The molecule has 2 rings (SSSR count). The summed E-state index contributed by atoms with van der Waals surface area (Å²) in [6.07, 6.45) is 4.26. The highest BCUT2D eigenvalue weighted by Crippen LogP contribution is 2.34. The molecule has 0 radical (unpaired) electrons. The maximum Gasteiger partial charge on any atom is 0.255 e. The molecule has 2 unspecified atom stereocenters. The first-order valence-electron chi connectivity index (χ1n) is 7.33. The highest BCUT2D eigenvalue weighted by Gasteiger charge is 2.36. The number of carbonyl (C=O) groups excluding carboxylic acids is 1. The van der Waals surface area contributed by atoms with Crippen molar-refractivity contribution >= 4 is 17.5 Å². The van der Waals surface area contributed by atoms with E-state index >= 15 is 0 Å². The van der Waals surface area contributed by atoms with Crippen molar-refractivity contribution in [2.24, 2.45) is 5.92 Å². The Hall–Kier alpha value is -0.960. The van der Waals surface area contributed by atoms with Gasteiger partial charge in [0, 0.05) is 11.4 Å². The molecule has 1 heterocycles. The topological polar surface area (TPSA) is 42.2 Å². The van der Waals surface area contributed by atoms with E-state index in [1.807, 2.05) is 20.8 Å². The highest BCUT2D eigenvalue weighted by atomic mass is 35.5. The minimum atomic E-state index is -0.264. The number of aryl methyl sites for hydroxylation is 2. The lowest BCUT2D eigenvalue weighted by molar-refractivity contribution is 0.0865. The van der Waals surface area contributed by atoms with Gasteiger partial charge in [0.1, 0.15) is 11.5 Å². The number of furan rings is 1. The lowest BCUT2D eigenvalue weighted by Crippen LogP contribution is -2.52. The number of halogens is 1. The Bertz CT molecular complexity index is 509. The van der Waals surface area contributed by atoms with Gasteiger partial charge >= 0.3 is 0 Å². The van der Waals surface area contributed by atoms with Crippen LogP contribution in [0.5, 0.6) is 0 Å². The molecule has 3 nitrogen and oxygen atoms in total. The van der Waals surface area contributed by atoms with E-state index in [9.17, 15) is 4.79 Å². The highest BCUT2D eigenvalue weighted by molar-refractivity contribution is 6.19. The summed E-state index contributed by atoms with van der Waals surface area (Å²) in [7, 11) is 0. The van der Waals surface area contributed by atoms with Crippen molar-refractivity contribution in [2.45, 2.75) is 58.9 Å². The maximum absolute atomic E-state index is 12.6. The molecular weight excluding hydrogens is 274 g/mol. The molecule has 0 aliphatic heterocycles. The minimum absolute atomic E-state index is 0.0494. The number of rotatable bonds is 3. The van der Waals surface area contributed by atoms with Crippen molar-refractivity contribution in [3.05, 3.63) is 22.6 Å². The van der Waals surface area contributed by atoms with Crippen LogP contribution in [0.15, 0.2) is 4.42 Å². The molecule has 1 fully saturated rings. The van der Waals surface area contributed by atoms with Gasteiger partial charge in [-0.05, 0) is 39.5 Å². The molecule has 0 bridgehead atoms. The summed E-state index contributed by atoms with van der Waals surface area (Å²) in [4.78, 5) is 12.6. The Morgan fingerprint density at radius 1 is 1.40 bits per heavy atom. The number of alkyl halides is 1. The van der Waals surface area contributed by atoms with Crippen molar-refractivity contribution in [2.75, 3.05) is 5.88 Å². The van der Waals surface area contributed by atoms with Gasteiger partial charge in [-0.2, -0.15) is 0 Å². The molecule has 0 spiro atoms. The molecule has 1 aromatic rings. The Morgan fingerprint density at radius 3 is 2.60 bits per heavy atom. The number of hydrogen-bond donors (Lipinski definition) is 1. The molecule has 1 aromatic heterocycles. The smallest absolute Gasteiger partial charge is 0.255 e. The second-order valence-corrected chi connectivity index (χ2v) is 6.55. The zero-order chi connectivity index (χ0) is 14.9. The largest absolute Gasteiger partial charge is 0.466 e. The molecule has 1 amide bonds. The average molecular weight is 298 g/mol. The fourth-order valence-corrected chi connectivity index (χ4v) is 3.67. The van der Waals surface area contributed by atoms with E-state index in [2.05, 4.69) is 12.2 Å². The summed E-state index contributed by atoms with van der Waals surface area (Å²) in [6, 6.07) is 0. The Kier molecular flexibility index (Phi) is 4.48. The summed E-state index contributed by atoms with van der Waals surface area (Å²) in [5, 5.41) is 3.19. The van der Waals surface area contributed by atoms with E-state index in [-0.39, 0.29) is 11.4 Å². The first-order chi connectivity index (χ1) is 9.38. The molecule has 0 aromatic carbocycles. The van der Waals surface area contributed by atoms with E-state index in [4.69, 9.17) is 16.0 Å². The van der Waals surface area contributed by atoms with E-state index in [0.29, 0.717) is 23.1 Å². The van der Waals surface area contributed by atoms with Gasteiger partial charge in [0.15, 0.2) is 0 Å². The normalized spacial score (nSPS) is 26.6. The van der Waals surface area contributed by atoms with Crippen LogP contribution >= 0.6 is 11.6 Å². The lowest BCUT2D eigenvalue weighted by Gasteiger charge is -2.39. The predicted molar refractivity (Wildman–Crippen MR) is 81.5 cm³/mol. The van der Waals surface area contributed by atoms with Crippen LogP contribution in [0.2, 0.25) is 0 Å². The first kappa shape index (κ1) is 15.4. The molecule has 1 saturated carbocycles. The summed E-state index contributed by atoms with van der Waals surface area (Å²) < 4.78 is 5.55. The van der Waals surface area contributed by atoms with Gasteiger partial charge in [0.05, 0.1) is 11.1 Å². The van der Waals surface area contributed by atoms with Crippen LogP contribution in [-0.4, -0.2) is 17.3 Å². The summed E-state index contributed by atoms with van der Waals surface area (Å²) >= 11 is 6.18. The van der Waals surface area contributed by atoms with Crippen LogP contribution in [0.25, 0.3) is 0 Å². The van der Waals surface area contributed by atoms with Crippen LogP contribution in [-0.2, 0) is 0 Å². The van der Waals surface area contributed by atoms with Crippen LogP contribution < -0.4 is 5.32 Å². The molecule has 1 aliphatic rings. The van der Waals surface area contributed by atoms with Crippen molar-refractivity contribution in [3.8, 4) is 0 Å². The third-order valence-electron chi connectivity index (χ3n) is 4.51. The first-order valence-corrected chi connectivity index (χ1v) is 7.87. The van der Waals surface area contributed by atoms with Gasteiger partial charge in [-0.1, -0.05) is 19.8 Å². The third-order valence-corrected chi connectivity index (χ3v) is 5.03. The van der Waals surface area contributed by atoms with Crippen molar-refractivity contribution in [1.82, 2.24) is 5.32 Å². The lowest BCUT2D eigenvalue weighted by atomic mass is 9.77. The van der Waals surface area contributed by atoms with Crippen LogP contribution in [0.3, 0.4) is 0 Å². The van der Waals surface area contributed by atoms with Crippen molar-refractivity contribution in [3.63, 3.8) is 0 Å². The minimum Gasteiger partial charge on any atom is -0.466 e. The summed E-state index contributed by atoms with van der Waals surface area (Å²) in [5.74, 6) is 2.52. The molecule has 2 atom stereocenters. The van der Waals surface area contributed by atoms with Gasteiger partial charge in [0.2, 0.25) is 0 Å². The molecule has 0 saturated heterocycles. The second-order valence-electron chi connectivity index (χ2n) is 6.28. The quantitative estimate of drug-likeness (QED) is 0.853. The number of amides is 1. The zero-order valence-electron chi connectivity index (χ0n) is 12.8. The Morgan fingerprint density at radius 2 is 2.10 bits per heavy atom. The van der Waals surface area contributed by atoms with E-state index < -0.39 is 0 Å². The van der Waals surface area contributed by atoms with E-state index in [0.717, 1.165) is 30.6 Å². The summed E-state index contributed by atoms with van der Waals surface area (Å²) in [6.45, 7) is 7.88. The molecule has 4 heteroatoms. The molecule has 1 aliphatic carbocycles. The molecular formula is C16H24ClNO2. The van der Waals surface area contributed by atoms with Gasteiger partial charge in [-0.15, -0.1) is 11.6 Å². The zero-order valence-corrected chi connectivity index (χ0v) is 13.6. The van der Waals surface area contributed by atoms with Gasteiger partial charge in [-0.25, -0.2) is 0 Å². The molecule has 20 heavy (non-hydrogen) atoms. The summed E-state index contributed by atoms with van der Waals surface area (Å²) in [5.41, 5.74) is 1.33. The molecule has 112 valence electrons. The van der Waals surface area contributed by atoms with E-state index in [1.54, 1.807) is 0 Å². The van der Waals surface area contributed by atoms with Crippen molar-refractivity contribution < 1.29 is 9.21 Å². The van der Waals surface area contributed by atoms with Crippen molar-refractivity contribution in [1.29, 1.82) is 0 Å². The SMILES string of the molecule is Cc1oc(C)c(C(=O)NC2(CCl)CCCC(C)C2)c1C. The second kappa shape index (κ2) is 5.80. The monoisotopic (exact) mass is 297 g/mol. The number of carbonyl (C=O) groups is 1. The maximum atomic E-state index is 12.6. The van der Waals surface area contributed by atoms with Crippen LogP contribution in [0.4, 0.5) is 0 Å². The van der Waals surface area contributed by atoms with Crippen LogP contribution in [0, 0.1) is 26.7 Å². The average Bonchev–Trinajstić information content (AvgIpc) is 2.63. The standard InChI is InChI=1S/C16H24ClNO2/c1-10-6-5-7-16(8-10,9-17)18-15(19)14-11(2)12(3)20-13(14)4/h10H,5-9H2,1-4H3,(H,18,19). The van der Waals surface area contributed by atoms with Gasteiger partial charge in [-0.3, -0.25) is 4.79 Å².